The molecular weight excluding hydrogens is 483 g/mol. The number of aryl methyl sites for hydroxylation is 1. The number of guanidine groups is 1. The maximum Gasteiger partial charge on any atom is 0.231 e. The molecule has 0 amide bonds. The Kier molecular flexibility index (Phi) is 7.96. The van der Waals surface area contributed by atoms with Crippen molar-refractivity contribution >= 4 is 29.9 Å². The van der Waals surface area contributed by atoms with E-state index < -0.39 is 0 Å². The van der Waals surface area contributed by atoms with Crippen molar-refractivity contribution in [1.82, 2.24) is 25.4 Å². The van der Waals surface area contributed by atoms with Gasteiger partial charge in [0.05, 0.1) is 0 Å². The Morgan fingerprint density at radius 1 is 1.14 bits per heavy atom. The van der Waals surface area contributed by atoms with Gasteiger partial charge in [-0.15, -0.1) is 34.2 Å². The Bertz CT molecular complexity index is 838. The van der Waals surface area contributed by atoms with Crippen LogP contribution in [0.1, 0.15) is 43.4 Å². The summed E-state index contributed by atoms with van der Waals surface area (Å²) in [7, 11) is 0. The number of hydrogen-bond donors (Lipinski definition) is 2. The number of ether oxygens (including phenoxy) is 2. The number of rotatable bonds is 6. The lowest BCUT2D eigenvalue weighted by atomic mass is 10.1. The number of nitrogens with one attached hydrogen (secondary N) is 2. The first kappa shape index (κ1) is 21.7. The summed E-state index contributed by atoms with van der Waals surface area (Å²) < 4.78 is 13.1. The Morgan fingerprint density at radius 3 is 2.93 bits per heavy atom. The van der Waals surface area contributed by atoms with Gasteiger partial charge in [-0.2, -0.15) is 0 Å². The predicted octanol–water partition coefficient (Wildman–Crippen LogP) is 2.65. The first-order chi connectivity index (χ1) is 13.8. The highest BCUT2D eigenvalue weighted by Crippen LogP contribution is 2.32. The molecule has 29 heavy (non-hydrogen) atoms. The lowest BCUT2D eigenvalue weighted by molar-refractivity contribution is 0.174. The molecule has 2 aliphatic rings. The lowest BCUT2D eigenvalue weighted by Gasteiger charge is -2.12. The van der Waals surface area contributed by atoms with Crippen molar-refractivity contribution in [3.8, 4) is 11.5 Å². The second kappa shape index (κ2) is 10.7. The van der Waals surface area contributed by atoms with Crippen molar-refractivity contribution in [2.45, 2.75) is 52.1 Å². The number of nitrogens with zero attached hydrogens (tertiary/aromatic N) is 4. The van der Waals surface area contributed by atoms with Crippen LogP contribution in [0.3, 0.4) is 0 Å². The summed E-state index contributed by atoms with van der Waals surface area (Å²) in [6, 6.07) is 6.08. The van der Waals surface area contributed by atoms with Crippen molar-refractivity contribution in [3.63, 3.8) is 0 Å². The highest BCUT2D eigenvalue weighted by atomic mass is 127. The molecule has 1 aromatic carbocycles. The molecule has 9 heteroatoms. The molecule has 2 aliphatic heterocycles. The number of aromatic nitrogens is 3. The van der Waals surface area contributed by atoms with E-state index in [-0.39, 0.29) is 24.0 Å². The molecule has 0 aliphatic carbocycles. The molecule has 2 aromatic rings. The van der Waals surface area contributed by atoms with Crippen LogP contribution in [-0.4, -0.2) is 40.6 Å². The van der Waals surface area contributed by atoms with E-state index in [0.717, 1.165) is 61.6 Å². The monoisotopic (exact) mass is 512 g/mol. The van der Waals surface area contributed by atoms with Crippen LogP contribution in [0.4, 0.5) is 0 Å². The van der Waals surface area contributed by atoms with Gasteiger partial charge in [0.1, 0.15) is 12.4 Å². The average molecular weight is 512 g/mol. The first-order valence-electron chi connectivity index (χ1n) is 10.1. The summed E-state index contributed by atoms with van der Waals surface area (Å²) >= 11 is 0. The number of fused-ring (bicyclic) bond motifs is 2. The maximum absolute atomic E-state index is 5.45. The van der Waals surface area contributed by atoms with Gasteiger partial charge in [0.25, 0.3) is 0 Å². The fourth-order valence-corrected chi connectivity index (χ4v) is 3.58. The zero-order chi connectivity index (χ0) is 19.2. The molecule has 0 bridgehead atoms. The van der Waals surface area contributed by atoms with E-state index in [9.17, 15) is 0 Å². The third-order valence-corrected chi connectivity index (χ3v) is 5.05. The summed E-state index contributed by atoms with van der Waals surface area (Å²) in [5.74, 6) is 4.49. The molecule has 158 valence electrons. The molecule has 0 atom stereocenters. The molecule has 0 saturated carbocycles. The van der Waals surface area contributed by atoms with Gasteiger partial charge >= 0.3 is 0 Å². The Balaban J connectivity index is 0.00000240. The second-order valence-electron chi connectivity index (χ2n) is 7.05. The normalized spacial score (nSPS) is 15.3. The van der Waals surface area contributed by atoms with Crippen LogP contribution in [0.25, 0.3) is 0 Å². The quantitative estimate of drug-likeness (QED) is 0.352. The fourth-order valence-electron chi connectivity index (χ4n) is 3.58. The van der Waals surface area contributed by atoms with Crippen molar-refractivity contribution in [2.75, 3.05) is 19.9 Å². The van der Waals surface area contributed by atoms with Gasteiger partial charge in [-0.1, -0.05) is 12.5 Å². The third-order valence-electron chi connectivity index (χ3n) is 5.05. The van der Waals surface area contributed by atoms with E-state index in [1.54, 1.807) is 0 Å². The van der Waals surface area contributed by atoms with E-state index in [1.165, 1.54) is 24.8 Å². The minimum atomic E-state index is 0. The minimum Gasteiger partial charge on any atom is -0.454 e. The maximum atomic E-state index is 5.45. The van der Waals surface area contributed by atoms with Crippen LogP contribution < -0.4 is 20.1 Å². The number of aliphatic imine (C=N–C) groups is 1. The van der Waals surface area contributed by atoms with Crippen LogP contribution in [0.5, 0.6) is 11.5 Å². The molecule has 4 rings (SSSR count). The van der Waals surface area contributed by atoms with Gasteiger partial charge in [0.2, 0.25) is 6.79 Å². The van der Waals surface area contributed by atoms with Gasteiger partial charge in [-0.25, -0.2) is 4.99 Å². The van der Waals surface area contributed by atoms with Crippen molar-refractivity contribution in [2.24, 2.45) is 4.99 Å². The molecular formula is C20H29IN6O2. The molecule has 0 spiro atoms. The van der Waals surface area contributed by atoms with E-state index in [0.29, 0.717) is 13.3 Å². The van der Waals surface area contributed by atoms with Crippen molar-refractivity contribution < 1.29 is 9.47 Å². The molecule has 2 N–H and O–H groups in total. The molecule has 0 saturated heterocycles. The summed E-state index contributed by atoms with van der Waals surface area (Å²) in [4.78, 5) is 4.71. The van der Waals surface area contributed by atoms with Crippen molar-refractivity contribution in [1.29, 1.82) is 0 Å². The molecule has 0 radical (unpaired) electrons. The smallest absolute Gasteiger partial charge is 0.231 e. The van der Waals surface area contributed by atoms with E-state index in [2.05, 4.69) is 38.4 Å². The highest BCUT2D eigenvalue weighted by Gasteiger charge is 2.15. The minimum absolute atomic E-state index is 0. The lowest BCUT2D eigenvalue weighted by Crippen LogP contribution is -2.38. The Hall–Kier alpha value is -2.04. The topological polar surface area (TPSA) is 85.6 Å². The van der Waals surface area contributed by atoms with E-state index in [1.807, 2.05) is 12.1 Å². The Labute approximate surface area is 188 Å². The summed E-state index contributed by atoms with van der Waals surface area (Å²) in [5.41, 5.74) is 1.20. The van der Waals surface area contributed by atoms with E-state index in [4.69, 9.17) is 14.5 Å². The molecule has 1 aromatic heterocycles. The molecule has 8 nitrogen and oxygen atoms in total. The largest absolute Gasteiger partial charge is 0.454 e. The number of benzene rings is 1. The summed E-state index contributed by atoms with van der Waals surface area (Å²) in [5, 5.41) is 15.4. The number of halogens is 1. The summed E-state index contributed by atoms with van der Waals surface area (Å²) in [6.45, 7) is 5.50. The predicted molar refractivity (Wildman–Crippen MR) is 122 cm³/mol. The zero-order valence-corrected chi connectivity index (χ0v) is 19.1. The second-order valence-corrected chi connectivity index (χ2v) is 7.05. The van der Waals surface area contributed by atoms with Gasteiger partial charge < -0.3 is 24.7 Å². The first-order valence-corrected chi connectivity index (χ1v) is 10.1. The van der Waals surface area contributed by atoms with Gasteiger partial charge in [0.15, 0.2) is 23.3 Å². The SMILES string of the molecule is CCNC(=NCc1nnc2n1CCCCC2)NCCc1ccc2c(c1)OCO2.I. The standard InChI is InChI=1S/C20H28N6O2.HI/c1-2-21-20(22-10-9-15-7-8-16-17(12-15)28-14-27-16)23-13-19-25-24-18-6-4-3-5-11-26(18)19;/h7-8,12H,2-6,9-11,13-14H2,1H3,(H2,21,22,23);1H. The van der Waals surface area contributed by atoms with E-state index >= 15 is 0 Å². The molecule has 0 unspecified atom stereocenters. The summed E-state index contributed by atoms with van der Waals surface area (Å²) in [6.07, 6.45) is 5.54. The van der Waals surface area contributed by atoms with Gasteiger partial charge in [-0.3, -0.25) is 0 Å². The molecule has 0 fully saturated rings. The zero-order valence-electron chi connectivity index (χ0n) is 16.8. The average Bonchev–Trinajstić information content (AvgIpc) is 3.26. The fraction of sp³-hybridized carbons (Fsp3) is 0.550. The van der Waals surface area contributed by atoms with Crippen LogP contribution in [0, 0.1) is 0 Å². The van der Waals surface area contributed by atoms with Crippen molar-refractivity contribution in [3.05, 3.63) is 35.4 Å². The Morgan fingerprint density at radius 2 is 2.03 bits per heavy atom. The van der Waals surface area contributed by atoms with Gasteiger partial charge in [-0.05, 0) is 43.9 Å². The highest BCUT2D eigenvalue weighted by molar-refractivity contribution is 14.0. The third kappa shape index (κ3) is 5.52. The van der Waals surface area contributed by atoms with Crippen LogP contribution >= 0.6 is 24.0 Å². The van der Waals surface area contributed by atoms with Crippen LogP contribution in [-0.2, 0) is 25.9 Å². The van der Waals surface area contributed by atoms with Crippen LogP contribution in [0.2, 0.25) is 0 Å². The number of hydrogen-bond acceptors (Lipinski definition) is 5. The molecule has 3 heterocycles. The van der Waals surface area contributed by atoms with Gasteiger partial charge in [0, 0.05) is 26.1 Å². The van der Waals surface area contributed by atoms with Crippen LogP contribution in [0.15, 0.2) is 23.2 Å².